The number of rotatable bonds is 7. The third-order valence-corrected chi connectivity index (χ3v) is 4.25. The van der Waals surface area contributed by atoms with E-state index in [0.717, 1.165) is 24.0 Å². The molecule has 0 saturated carbocycles. The van der Waals surface area contributed by atoms with Gasteiger partial charge in [-0.2, -0.15) is 0 Å². The van der Waals surface area contributed by atoms with Crippen molar-refractivity contribution in [2.45, 2.75) is 32.6 Å². The van der Waals surface area contributed by atoms with Gasteiger partial charge in [-0.3, -0.25) is 0 Å². The van der Waals surface area contributed by atoms with E-state index in [1.54, 1.807) is 0 Å². The first-order valence-corrected chi connectivity index (χ1v) is 8.50. The van der Waals surface area contributed by atoms with Crippen molar-refractivity contribution in [3.05, 3.63) is 69.7 Å². The Morgan fingerprint density at radius 3 is 2.52 bits per heavy atom. The molecule has 0 aliphatic rings. The Morgan fingerprint density at radius 1 is 1.10 bits per heavy atom. The van der Waals surface area contributed by atoms with Crippen molar-refractivity contribution < 1.29 is 0 Å². The second kappa shape index (κ2) is 8.35. The Balaban J connectivity index is 2.13. The number of hydrogen-bond donors (Lipinski definition) is 1. The van der Waals surface area contributed by atoms with Gasteiger partial charge >= 0.3 is 0 Å². The summed E-state index contributed by atoms with van der Waals surface area (Å²) >= 11 is 3.52. The van der Waals surface area contributed by atoms with Crippen LogP contribution in [0.4, 0.5) is 0 Å². The minimum Gasteiger partial charge on any atom is -0.316 e. The van der Waals surface area contributed by atoms with Crippen LogP contribution in [-0.4, -0.2) is 13.1 Å². The van der Waals surface area contributed by atoms with Gasteiger partial charge in [-0.15, -0.1) is 0 Å². The molecule has 0 fully saturated rings. The molecule has 1 atom stereocenters. The van der Waals surface area contributed by atoms with Gasteiger partial charge in [0.2, 0.25) is 0 Å². The largest absolute Gasteiger partial charge is 0.316 e. The van der Waals surface area contributed by atoms with Crippen LogP contribution in [0.3, 0.4) is 0 Å². The fraction of sp³-hybridized carbons (Fsp3) is 0.368. The van der Waals surface area contributed by atoms with Crippen LogP contribution < -0.4 is 5.32 Å². The van der Waals surface area contributed by atoms with Crippen LogP contribution in [0, 0.1) is 6.92 Å². The summed E-state index contributed by atoms with van der Waals surface area (Å²) in [6.07, 6.45) is 2.26. The number of hydrogen-bond acceptors (Lipinski definition) is 1. The van der Waals surface area contributed by atoms with Crippen LogP contribution in [0.15, 0.2) is 53.0 Å². The first-order chi connectivity index (χ1) is 10.2. The first-order valence-electron chi connectivity index (χ1n) is 7.70. The fourth-order valence-electron chi connectivity index (χ4n) is 2.62. The Hall–Kier alpha value is -1.12. The van der Waals surface area contributed by atoms with Gasteiger partial charge in [-0.1, -0.05) is 64.8 Å². The molecule has 0 bridgehead atoms. The second-order valence-corrected chi connectivity index (χ2v) is 6.56. The molecular weight excluding hydrogens is 322 g/mol. The zero-order valence-electron chi connectivity index (χ0n) is 12.9. The van der Waals surface area contributed by atoms with Gasteiger partial charge in [0.05, 0.1) is 0 Å². The van der Waals surface area contributed by atoms with E-state index in [-0.39, 0.29) is 0 Å². The average molecular weight is 346 g/mol. The Labute approximate surface area is 136 Å². The molecule has 0 heterocycles. The number of halogens is 1. The highest BCUT2D eigenvalue weighted by atomic mass is 79.9. The van der Waals surface area contributed by atoms with Gasteiger partial charge in [-0.05, 0) is 49.6 Å². The third-order valence-electron chi connectivity index (χ3n) is 3.72. The molecule has 0 radical (unpaired) electrons. The molecule has 1 unspecified atom stereocenters. The van der Waals surface area contributed by atoms with E-state index in [4.69, 9.17) is 0 Å². The van der Waals surface area contributed by atoms with Gasteiger partial charge in [0.15, 0.2) is 0 Å². The smallest absolute Gasteiger partial charge is 0.0175 e. The minimum atomic E-state index is 0.520. The third kappa shape index (κ3) is 5.29. The van der Waals surface area contributed by atoms with Crippen molar-refractivity contribution >= 4 is 15.9 Å². The Bertz CT molecular complexity index is 548. The normalized spacial score (nSPS) is 12.3. The first kappa shape index (κ1) is 16.3. The second-order valence-electron chi connectivity index (χ2n) is 5.65. The van der Waals surface area contributed by atoms with Gasteiger partial charge < -0.3 is 5.32 Å². The highest BCUT2D eigenvalue weighted by molar-refractivity contribution is 9.10. The molecule has 1 nitrogen and oxygen atoms in total. The maximum atomic E-state index is 3.57. The summed E-state index contributed by atoms with van der Waals surface area (Å²) in [6.45, 7) is 6.49. The zero-order valence-corrected chi connectivity index (χ0v) is 14.5. The summed E-state index contributed by atoms with van der Waals surface area (Å²) in [5.41, 5.74) is 4.16. The van der Waals surface area contributed by atoms with Crippen molar-refractivity contribution in [2.75, 3.05) is 13.1 Å². The Kier molecular flexibility index (Phi) is 6.47. The summed E-state index contributed by atoms with van der Waals surface area (Å²) in [7, 11) is 0. The van der Waals surface area contributed by atoms with Gasteiger partial charge in [0.1, 0.15) is 0 Å². The SMILES string of the molecule is CCCNCC(Cc1cccc(C)c1)c1ccc(Br)cc1. The molecule has 0 aliphatic carbocycles. The molecule has 0 spiro atoms. The molecule has 21 heavy (non-hydrogen) atoms. The van der Waals surface area contributed by atoms with E-state index in [1.165, 1.54) is 23.1 Å². The van der Waals surface area contributed by atoms with Gasteiger partial charge in [0.25, 0.3) is 0 Å². The molecule has 2 aromatic rings. The maximum absolute atomic E-state index is 3.57. The molecule has 0 amide bonds. The monoisotopic (exact) mass is 345 g/mol. The quantitative estimate of drug-likeness (QED) is 0.689. The van der Waals surface area contributed by atoms with Crippen LogP contribution in [0.25, 0.3) is 0 Å². The molecule has 2 heteroatoms. The highest BCUT2D eigenvalue weighted by Crippen LogP contribution is 2.23. The molecule has 0 aromatic heterocycles. The van der Waals surface area contributed by atoms with Crippen LogP contribution in [0.5, 0.6) is 0 Å². The van der Waals surface area contributed by atoms with Crippen LogP contribution in [-0.2, 0) is 6.42 Å². The summed E-state index contributed by atoms with van der Waals surface area (Å²) < 4.78 is 1.14. The minimum absolute atomic E-state index is 0.520. The Morgan fingerprint density at radius 2 is 1.86 bits per heavy atom. The number of benzene rings is 2. The van der Waals surface area contributed by atoms with Crippen LogP contribution in [0.2, 0.25) is 0 Å². The van der Waals surface area contributed by atoms with Gasteiger partial charge in [-0.25, -0.2) is 0 Å². The number of nitrogens with one attached hydrogen (secondary N) is 1. The molecule has 1 N–H and O–H groups in total. The maximum Gasteiger partial charge on any atom is 0.0175 e. The summed E-state index contributed by atoms with van der Waals surface area (Å²) in [4.78, 5) is 0. The van der Waals surface area contributed by atoms with Crippen molar-refractivity contribution in [3.63, 3.8) is 0 Å². The predicted octanol–water partition coefficient (Wildman–Crippen LogP) is 5.08. The van der Waals surface area contributed by atoms with Crippen LogP contribution >= 0.6 is 15.9 Å². The molecule has 0 saturated heterocycles. The predicted molar refractivity (Wildman–Crippen MR) is 94.9 cm³/mol. The lowest BCUT2D eigenvalue weighted by molar-refractivity contribution is 0.576. The molecule has 0 aliphatic heterocycles. The van der Waals surface area contributed by atoms with Crippen molar-refractivity contribution in [2.24, 2.45) is 0 Å². The molecule has 2 aromatic carbocycles. The van der Waals surface area contributed by atoms with E-state index < -0.39 is 0 Å². The van der Waals surface area contributed by atoms with Crippen molar-refractivity contribution in [1.82, 2.24) is 5.32 Å². The molecule has 112 valence electrons. The summed E-state index contributed by atoms with van der Waals surface area (Å²) in [6, 6.07) is 17.6. The van der Waals surface area contributed by atoms with Gasteiger partial charge in [0, 0.05) is 16.9 Å². The van der Waals surface area contributed by atoms with E-state index in [9.17, 15) is 0 Å². The number of aryl methyl sites for hydroxylation is 1. The van der Waals surface area contributed by atoms with Crippen molar-refractivity contribution in [3.8, 4) is 0 Å². The zero-order chi connectivity index (χ0) is 15.1. The van der Waals surface area contributed by atoms with E-state index in [2.05, 4.69) is 83.6 Å². The lowest BCUT2D eigenvalue weighted by Gasteiger charge is -2.19. The summed E-state index contributed by atoms with van der Waals surface area (Å²) in [5.74, 6) is 0.520. The fourth-order valence-corrected chi connectivity index (χ4v) is 2.88. The summed E-state index contributed by atoms with van der Waals surface area (Å²) in [5, 5.41) is 3.57. The average Bonchev–Trinajstić information content (AvgIpc) is 2.47. The van der Waals surface area contributed by atoms with E-state index in [0.29, 0.717) is 5.92 Å². The van der Waals surface area contributed by atoms with E-state index >= 15 is 0 Å². The highest BCUT2D eigenvalue weighted by Gasteiger charge is 2.12. The molecule has 2 rings (SSSR count). The lowest BCUT2D eigenvalue weighted by Crippen LogP contribution is -2.23. The standard InChI is InChI=1S/C19H24BrN/c1-3-11-21-14-18(17-7-9-19(20)10-8-17)13-16-6-4-5-15(2)12-16/h4-10,12,18,21H,3,11,13-14H2,1-2H3. The van der Waals surface area contributed by atoms with E-state index in [1.807, 2.05) is 0 Å². The molecular formula is C19H24BrN. The lowest BCUT2D eigenvalue weighted by atomic mass is 9.91. The topological polar surface area (TPSA) is 12.0 Å². The van der Waals surface area contributed by atoms with Crippen molar-refractivity contribution in [1.29, 1.82) is 0 Å². The van der Waals surface area contributed by atoms with Crippen LogP contribution in [0.1, 0.15) is 36.0 Å².